The fourth-order valence-electron chi connectivity index (χ4n) is 2.41. The van der Waals surface area contributed by atoms with Gasteiger partial charge in [0.05, 0.1) is 30.3 Å². The molecule has 0 aliphatic carbocycles. The first-order valence-corrected chi connectivity index (χ1v) is 10.5. The van der Waals surface area contributed by atoms with Gasteiger partial charge in [-0.1, -0.05) is 30.8 Å². The van der Waals surface area contributed by atoms with Crippen LogP contribution in [0.4, 0.5) is 5.69 Å². The van der Waals surface area contributed by atoms with Gasteiger partial charge in [-0.25, -0.2) is 0 Å². The summed E-state index contributed by atoms with van der Waals surface area (Å²) >= 11 is 2.89. The van der Waals surface area contributed by atoms with Crippen molar-refractivity contribution in [3.05, 3.63) is 54.7 Å². The Morgan fingerprint density at radius 3 is 3.00 bits per heavy atom. The number of carbonyl (C=O) groups is 1. The molecule has 0 spiro atoms. The van der Waals surface area contributed by atoms with Crippen LogP contribution in [0.15, 0.2) is 63.5 Å². The summed E-state index contributed by atoms with van der Waals surface area (Å²) in [5.41, 5.74) is 0.750. The third-order valence-electron chi connectivity index (χ3n) is 3.69. The lowest BCUT2D eigenvalue weighted by Crippen LogP contribution is -2.15. The van der Waals surface area contributed by atoms with Crippen molar-refractivity contribution >= 4 is 35.1 Å². The van der Waals surface area contributed by atoms with E-state index in [-0.39, 0.29) is 16.9 Å². The smallest absolute Gasteiger partial charge is 0.234 e. The number of nitrogens with zero attached hydrogens (tertiary/aromatic N) is 4. The quantitative estimate of drug-likeness (QED) is 0.529. The molecule has 1 atom stereocenters. The molecule has 0 aliphatic heterocycles. The molecule has 0 saturated carbocycles. The van der Waals surface area contributed by atoms with Crippen LogP contribution in [0.25, 0.3) is 0 Å². The highest BCUT2D eigenvalue weighted by molar-refractivity contribution is 8.00. The first kappa shape index (κ1) is 20.0. The Hall–Kier alpha value is -2.70. The van der Waals surface area contributed by atoms with Gasteiger partial charge in [-0.3, -0.25) is 4.79 Å². The Bertz CT molecular complexity index is 949. The first-order valence-electron chi connectivity index (χ1n) is 8.61. The lowest BCUT2D eigenvalue weighted by atomic mass is 10.3. The zero-order valence-electron chi connectivity index (χ0n) is 15.2. The van der Waals surface area contributed by atoms with E-state index in [0.29, 0.717) is 18.1 Å². The van der Waals surface area contributed by atoms with Crippen LogP contribution in [0.1, 0.15) is 19.1 Å². The van der Waals surface area contributed by atoms with Gasteiger partial charge in [0.2, 0.25) is 5.91 Å². The number of aromatic nitrogens is 3. The molecule has 1 amide bonds. The van der Waals surface area contributed by atoms with Gasteiger partial charge >= 0.3 is 0 Å². The number of rotatable bonds is 9. The lowest BCUT2D eigenvalue weighted by Gasteiger charge is -2.13. The highest BCUT2D eigenvalue weighted by Gasteiger charge is 2.13. The van der Waals surface area contributed by atoms with Gasteiger partial charge < -0.3 is 14.3 Å². The van der Waals surface area contributed by atoms with Crippen LogP contribution in [0, 0.1) is 11.3 Å². The van der Waals surface area contributed by atoms with Gasteiger partial charge in [0.1, 0.15) is 12.1 Å². The number of para-hydroxylation sites is 1. The number of nitrogens with one attached hydrogen (secondary N) is 1. The predicted molar refractivity (Wildman–Crippen MR) is 109 cm³/mol. The molecule has 7 nitrogen and oxygen atoms in total. The highest BCUT2D eigenvalue weighted by atomic mass is 32.2. The summed E-state index contributed by atoms with van der Waals surface area (Å²) in [6.45, 7) is 2.51. The summed E-state index contributed by atoms with van der Waals surface area (Å²) in [6, 6.07) is 13.5. The van der Waals surface area contributed by atoms with Crippen LogP contribution < -0.4 is 5.32 Å². The van der Waals surface area contributed by atoms with E-state index in [2.05, 4.69) is 21.6 Å². The topological polar surface area (TPSA) is 96.7 Å². The minimum absolute atomic E-state index is 0.126. The van der Waals surface area contributed by atoms with E-state index in [4.69, 9.17) is 9.68 Å². The van der Waals surface area contributed by atoms with Crippen LogP contribution in [-0.2, 0) is 11.3 Å². The van der Waals surface area contributed by atoms with Crippen molar-refractivity contribution in [1.82, 2.24) is 14.8 Å². The van der Waals surface area contributed by atoms with Crippen LogP contribution >= 0.6 is 23.5 Å². The van der Waals surface area contributed by atoms with Crippen molar-refractivity contribution in [2.75, 3.05) is 11.1 Å². The SMILES string of the molecule is C[C@H](CC#N)Sc1ccccc1NC(=O)CSc1nncn1Cc1ccco1. The van der Waals surface area contributed by atoms with E-state index in [0.717, 1.165) is 16.3 Å². The summed E-state index contributed by atoms with van der Waals surface area (Å²) in [5, 5.41) is 20.6. The normalized spacial score (nSPS) is 11.7. The number of thioether (sulfide) groups is 2. The molecule has 1 N–H and O–H groups in total. The molecule has 3 aromatic rings. The third kappa shape index (κ3) is 5.65. The van der Waals surface area contributed by atoms with E-state index in [1.807, 2.05) is 47.9 Å². The second-order valence-electron chi connectivity index (χ2n) is 5.94. The first-order chi connectivity index (χ1) is 13.7. The second-order valence-corrected chi connectivity index (χ2v) is 8.37. The molecule has 3 rings (SSSR count). The fourth-order valence-corrected chi connectivity index (χ4v) is 4.12. The molecule has 2 heterocycles. The molecular formula is C19H19N5O2S2. The number of carbonyl (C=O) groups excluding carboxylic acids is 1. The van der Waals surface area contributed by atoms with Gasteiger partial charge in [-0.2, -0.15) is 5.26 Å². The van der Waals surface area contributed by atoms with Crippen molar-refractivity contribution in [3.8, 4) is 6.07 Å². The lowest BCUT2D eigenvalue weighted by molar-refractivity contribution is -0.113. The summed E-state index contributed by atoms with van der Waals surface area (Å²) in [5.74, 6) is 0.880. The van der Waals surface area contributed by atoms with E-state index in [1.165, 1.54) is 11.8 Å². The number of benzene rings is 1. The van der Waals surface area contributed by atoms with Gasteiger partial charge in [-0.15, -0.1) is 22.0 Å². The standard InChI is InChI=1S/C19H19N5O2S2/c1-14(8-9-20)28-17-7-3-2-6-16(17)22-18(25)12-27-19-23-21-13-24(19)11-15-5-4-10-26-15/h2-7,10,13-14H,8,11-12H2,1H3,(H,22,25)/t14-/m1/s1. The zero-order valence-corrected chi connectivity index (χ0v) is 16.9. The van der Waals surface area contributed by atoms with Crippen LogP contribution in [-0.4, -0.2) is 31.7 Å². The molecule has 28 heavy (non-hydrogen) atoms. The van der Waals surface area contributed by atoms with Crippen molar-refractivity contribution in [2.24, 2.45) is 0 Å². The minimum Gasteiger partial charge on any atom is -0.467 e. The Balaban J connectivity index is 1.57. The maximum Gasteiger partial charge on any atom is 0.234 e. The van der Waals surface area contributed by atoms with Gasteiger partial charge in [-0.05, 0) is 24.3 Å². The monoisotopic (exact) mass is 413 g/mol. The minimum atomic E-state index is -0.126. The highest BCUT2D eigenvalue weighted by Crippen LogP contribution is 2.31. The van der Waals surface area contributed by atoms with E-state index < -0.39 is 0 Å². The van der Waals surface area contributed by atoms with Crippen molar-refractivity contribution in [3.63, 3.8) is 0 Å². The second kappa shape index (κ2) is 10.0. The average molecular weight is 414 g/mol. The zero-order chi connectivity index (χ0) is 19.8. The molecule has 0 unspecified atom stereocenters. The Kier molecular flexibility index (Phi) is 7.17. The van der Waals surface area contributed by atoms with Crippen LogP contribution in [0.2, 0.25) is 0 Å². The number of hydrogen-bond donors (Lipinski definition) is 1. The molecule has 0 aliphatic rings. The Morgan fingerprint density at radius 2 is 2.21 bits per heavy atom. The van der Waals surface area contributed by atoms with Gasteiger partial charge in [0, 0.05) is 16.6 Å². The molecule has 1 aromatic carbocycles. The number of nitriles is 1. The molecule has 144 valence electrons. The average Bonchev–Trinajstić information content (AvgIpc) is 3.34. The number of anilines is 1. The largest absolute Gasteiger partial charge is 0.467 e. The fraction of sp³-hybridized carbons (Fsp3) is 0.263. The Labute approximate surface area is 171 Å². The Morgan fingerprint density at radius 1 is 1.36 bits per heavy atom. The van der Waals surface area contributed by atoms with E-state index >= 15 is 0 Å². The molecule has 2 aromatic heterocycles. The van der Waals surface area contributed by atoms with E-state index in [1.54, 1.807) is 24.4 Å². The van der Waals surface area contributed by atoms with E-state index in [9.17, 15) is 4.79 Å². The maximum absolute atomic E-state index is 12.4. The van der Waals surface area contributed by atoms with Crippen molar-refractivity contribution < 1.29 is 9.21 Å². The van der Waals surface area contributed by atoms with Crippen molar-refractivity contribution in [1.29, 1.82) is 5.26 Å². The van der Waals surface area contributed by atoms with Crippen molar-refractivity contribution in [2.45, 2.75) is 35.2 Å². The van der Waals surface area contributed by atoms with Gasteiger partial charge in [0.15, 0.2) is 5.16 Å². The molecule has 0 fully saturated rings. The number of hydrogen-bond acceptors (Lipinski definition) is 7. The number of furan rings is 1. The molecule has 9 heteroatoms. The summed E-state index contributed by atoms with van der Waals surface area (Å²) in [6.07, 6.45) is 3.69. The number of amides is 1. The third-order valence-corrected chi connectivity index (χ3v) is 5.85. The molecule has 0 saturated heterocycles. The summed E-state index contributed by atoms with van der Waals surface area (Å²) in [4.78, 5) is 13.4. The van der Waals surface area contributed by atoms with Gasteiger partial charge in [0.25, 0.3) is 0 Å². The predicted octanol–water partition coefficient (Wildman–Crippen LogP) is 4.04. The van der Waals surface area contributed by atoms with Crippen LogP contribution in [0.3, 0.4) is 0 Å². The maximum atomic E-state index is 12.4. The summed E-state index contributed by atoms with van der Waals surface area (Å²) < 4.78 is 7.18. The summed E-state index contributed by atoms with van der Waals surface area (Å²) in [7, 11) is 0. The molecule has 0 radical (unpaired) electrons. The van der Waals surface area contributed by atoms with Crippen LogP contribution in [0.5, 0.6) is 0 Å². The molecular weight excluding hydrogens is 394 g/mol. The molecule has 0 bridgehead atoms.